The molecule has 0 N–H and O–H groups in total. The predicted octanol–water partition coefficient (Wildman–Crippen LogP) is 3.63. The molecule has 15 heavy (non-hydrogen) atoms. The average molecular weight is 295 g/mol. The van der Waals surface area contributed by atoms with Gasteiger partial charge in [-0.25, -0.2) is 0 Å². The number of hydrogen-bond donors (Lipinski definition) is 0. The topological polar surface area (TPSA) is 38.9 Å². The van der Waals surface area contributed by atoms with Gasteiger partial charge in [0.05, 0.1) is 0 Å². The summed E-state index contributed by atoms with van der Waals surface area (Å²) in [5.74, 6) is -0.509. The Morgan fingerprint density at radius 3 is 2.80 bits per heavy atom. The van der Waals surface area contributed by atoms with Gasteiger partial charge in [0.15, 0.2) is 0 Å². The molecule has 0 aliphatic carbocycles. The van der Waals surface area contributed by atoms with E-state index in [1.54, 1.807) is 5.38 Å². The minimum absolute atomic E-state index is 0.133. The van der Waals surface area contributed by atoms with Crippen LogP contribution in [-0.2, 0) is 5.33 Å². The summed E-state index contributed by atoms with van der Waals surface area (Å²) in [6, 6.07) is 1.82. The molecule has 80 valence electrons. The van der Waals surface area contributed by atoms with Gasteiger partial charge in [-0.1, -0.05) is 15.9 Å². The lowest BCUT2D eigenvalue weighted by Crippen LogP contribution is -1.81. The molecule has 0 unspecified atom stereocenters. The van der Waals surface area contributed by atoms with Gasteiger partial charge in [-0.15, -0.1) is 21.5 Å². The molecule has 7 heteroatoms. The van der Waals surface area contributed by atoms with E-state index >= 15 is 0 Å². The van der Waals surface area contributed by atoms with E-state index in [0.29, 0.717) is 10.9 Å². The fourth-order valence-corrected chi connectivity index (χ4v) is 2.27. The van der Waals surface area contributed by atoms with Gasteiger partial charge in [0.1, 0.15) is 0 Å². The van der Waals surface area contributed by atoms with Crippen molar-refractivity contribution >= 4 is 27.3 Å². The summed E-state index contributed by atoms with van der Waals surface area (Å²) < 4.78 is 29.1. The maximum absolute atomic E-state index is 12.2. The van der Waals surface area contributed by atoms with Crippen LogP contribution in [0.4, 0.5) is 8.78 Å². The quantitative estimate of drug-likeness (QED) is 0.812. The molecule has 0 saturated carbocycles. The fourth-order valence-electron chi connectivity index (χ4n) is 1.00. The Bertz CT molecular complexity index is 457. The SMILES string of the molecule is FC(F)c1nnc(-c2csc(CBr)c2)o1. The van der Waals surface area contributed by atoms with Gasteiger partial charge in [-0.05, 0) is 6.07 Å². The molecule has 0 fully saturated rings. The molecular formula is C8H5BrF2N2OS. The molecule has 0 aliphatic rings. The zero-order valence-electron chi connectivity index (χ0n) is 7.28. The molecule has 0 spiro atoms. The average Bonchev–Trinajstić information content (AvgIpc) is 2.86. The minimum Gasteiger partial charge on any atom is -0.415 e. The normalized spacial score (nSPS) is 11.2. The molecule has 2 rings (SSSR count). The van der Waals surface area contributed by atoms with Gasteiger partial charge < -0.3 is 4.42 Å². The molecule has 0 saturated heterocycles. The molecule has 0 aromatic carbocycles. The molecule has 3 nitrogen and oxygen atoms in total. The van der Waals surface area contributed by atoms with Crippen LogP contribution in [0.5, 0.6) is 0 Å². The number of halogens is 3. The Morgan fingerprint density at radius 1 is 1.47 bits per heavy atom. The van der Waals surface area contributed by atoms with Crippen LogP contribution in [0, 0.1) is 0 Å². The van der Waals surface area contributed by atoms with Gasteiger partial charge >= 0.3 is 6.43 Å². The first-order chi connectivity index (χ1) is 7.20. The lowest BCUT2D eigenvalue weighted by molar-refractivity contribution is 0.116. The smallest absolute Gasteiger partial charge is 0.314 e. The van der Waals surface area contributed by atoms with Crippen molar-refractivity contribution in [2.24, 2.45) is 0 Å². The van der Waals surface area contributed by atoms with Gasteiger partial charge in [0.25, 0.3) is 5.89 Å². The van der Waals surface area contributed by atoms with E-state index in [4.69, 9.17) is 4.42 Å². The number of thiophene rings is 1. The monoisotopic (exact) mass is 294 g/mol. The predicted molar refractivity (Wildman–Crippen MR) is 55.2 cm³/mol. The lowest BCUT2D eigenvalue weighted by atomic mass is 10.3. The Balaban J connectivity index is 2.28. The summed E-state index contributed by atoms with van der Waals surface area (Å²) in [5, 5.41) is 9.31. The second-order valence-corrected chi connectivity index (χ2v) is 4.24. The van der Waals surface area contributed by atoms with E-state index < -0.39 is 12.3 Å². The lowest BCUT2D eigenvalue weighted by Gasteiger charge is -1.88. The number of nitrogens with zero attached hydrogens (tertiary/aromatic N) is 2. The van der Waals surface area contributed by atoms with Crippen molar-refractivity contribution in [3.05, 3.63) is 22.2 Å². The Kier molecular flexibility index (Phi) is 3.11. The zero-order chi connectivity index (χ0) is 10.8. The number of alkyl halides is 3. The van der Waals surface area contributed by atoms with E-state index in [0.717, 1.165) is 4.88 Å². The second kappa shape index (κ2) is 4.36. The molecule has 2 aromatic heterocycles. The highest BCUT2D eigenvalue weighted by molar-refractivity contribution is 9.08. The van der Waals surface area contributed by atoms with Crippen molar-refractivity contribution in [2.75, 3.05) is 0 Å². The van der Waals surface area contributed by atoms with Crippen molar-refractivity contribution < 1.29 is 13.2 Å². The molecule has 2 aromatic rings. The van der Waals surface area contributed by atoms with Crippen molar-refractivity contribution in [3.63, 3.8) is 0 Å². The first-order valence-corrected chi connectivity index (χ1v) is 5.96. The molecule has 0 aliphatic heterocycles. The van der Waals surface area contributed by atoms with Crippen molar-refractivity contribution in [1.82, 2.24) is 10.2 Å². The van der Waals surface area contributed by atoms with E-state index in [9.17, 15) is 8.78 Å². The minimum atomic E-state index is -2.72. The Labute approximate surface area is 96.3 Å². The molecule has 0 amide bonds. The highest BCUT2D eigenvalue weighted by Gasteiger charge is 2.17. The summed E-state index contributed by atoms with van der Waals surface area (Å²) in [7, 11) is 0. The van der Waals surface area contributed by atoms with Gasteiger partial charge in [-0.3, -0.25) is 0 Å². The summed E-state index contributed by atoms with van der Waals surface area (Å²) in [6.45, 7) is 0. The van der Waals surface area contributed by atoms with Crippen LogP contribution < -0.4 is 0 Å². The van der Waals surface area contributed by atoms with Crippen LogP contribution in [0.2, 0.25) is 0 Å². The summed E-state index contributed by atoms with van der Waals surface area (Å²) in [6.07, 6.45) is -2.72. The Morgan fingerprint density at radius 2 is 2.27 bits per heavy atom. The highest BCUT2D eigenvalue weighted by Crippen LogP contribution is 2.27. The summed E-state index contributed by atoms with van der Waals surface area (Å²) in [4.78, 5) is 1.07. The van der Waals surface area contributed by atoms with Crippen molar-refractivity contribution in [2.45, 2.75) is 11.8 Å². The molecular weight excluding hydrogens is 290 g/mol. The van der Waals surface area contributed by atoms with Crippen LogP contribution in [0.3, 0.4) is 0 Å². The maximum Gasteiger partial charge on any atom is 0.314 e. The standard InChI is InChI=1S/C8H5BrF2N2OS/c9-2-5-1-4(3-15-5)7-12-13-8(14-7)6(10)11/h1,3,6H,2H2. The first-order valence-electron chi connectivity index (χ1n) is 3.96. The van der Waals surface area contributed by atoms with Gasteiger partial charge in [0.2, 0.25) is 5.89 Å². The maximum atomic E-state index is 12.2. The molecule has 0 radical (unpaired) electrons. The van der Waals surface area contributed by atoms with Crippen LogP contribution >= 0.6 is 27.3 Å². The third-order valence-corrected chi connectivity index (χ3v) is 3.57. The molecule has 0 atom stereocenters. The van der Waals surface area contributed by atoms with E-state index in [-0.39, 0.29) is 5.89 Å². The van der Waals surface area contributed by atoms with Crippen LogP contribution in [0.25, 0.3) is 11.5 Å². The number of rotatable bonds is 3. The summed E-state index contributed by atoms with van der Waals surface area (Å²) in [5.41, 5.74) is 0.675. The number of aromatic nitrogens is 2. The second-order valence-electron chi connectivity index (χ2n) is 2.68. The van der Waals surface area contributed by atoms with Crippen LogP contribution in [0.1, 0.15) is 17.2 Å². The van der Waals surface area contributed by atoms with Crippen molar-refractivity contribution in [3.8, 4) is 11.5 Å². The van der Waals surface area contributed by atoms with Gasteiger partial charge in [-0.2, -0.15) is 8.78 Å². The third kappa shape index (κ3) is 2.23. The van der Waals surface area contributed by atoms with E-state index in [1.165, 1.54) is 11.3 Å². The van der Waals surface area contributed by atoms with Crippen LogP contribution in [0.15, 0.2) is 15.9 Å². The zero-order valence-corrected chi connectivity index (χ0v) is 9.69. The largest absolute Gasteiger partial charge is 0.415 e. The van der Waals surface area contributed by atoms with E-state index in [2.05, 4.69) is 26.1 Å². The number of hydrogen-bond acceptors (Lipinski definition) is 4. The van der Waals surface area contributed by atoms with Gasteiger partial charge in [0, 0.05) is 21.2 Å². The van der Waals surface area contributed by atoms with Crippen molar-refractivity contribution in [1.29, 1.82) is 0 Å². The third-order valence-electron chi connectivity index (χ3n) is 1.66. The molecule has 2 heterocycles. The Hall–Kier alpha value is -0.820. The van der Waals surface area contributed by atoms with Crippen LogP contribution in [-0.4, -0.2) is 10.2 Å². The highest BCUT2D eigenvalue weighted by atomic mass is 79.9. The van der Waals surface area contributed by atoms with E-state index in [1.807, 2.05) is 6.07 Å². The molecule has 0 bridgehead atoms. The first kappa shape index (κ1) is 10.7. The fraction of sp³-hybridized carbons (Fsp3) is 0.250. The summed E-state index contributed by atoms with van der Waals surface area (Å²) >= 11 is 4.80.